The lowest BCUT2D eigenvalue weighted by molar-refractivity contribution is -0.125. The molecule has 0 unspecified atom stereocenters. The van der Waals surface area contributed by atoms with E-state index in [0.29, 0.717) is 19.6 Å². The molecule has 0 bridgehead atoms. The van der Waals surface area contributed by atoms with Gasteiger partial charge >= 0.3 is 0 Å². The average Bonchev–Trinajstić information content (AvgIpc) is 2.84. The van der Waals surface area contributed by atoms with Crippen LogP contribution in [0.5, 0.6) is 0 Å². The fourth-order valence-electron chi connectivity index (χ4n) is 2.68. The van der Waals surface area contributed by atoms with E-state index in [4.69, 9.17) is 4.74 Å². The molecule has 0 aliphatic carbocycles. The molecule has 0 aromatic carbocycles. The Kier molecular flexibility index (Phi) is 7.73. The number of aliphatic hydroxyl groups is 2. The van der Waals surface area contributed by atoms with Gasteiger partial charge in [0.25, 0.3) is 0 Å². The maximum atomic E-state index is 11.9. The van der Waals surface area contributed by atoms with Gasteiger partial charge < -0.3 is 30.5 Å². The summed E-state index contributed by atoms with van der Waals surface area (Å²) in [5, 5.41) is 26.2. The molecule has 0 spiro atoms. The van der Waals surface area contributed by atoms with Crippen molar-refractivity contribution in [3.05, 3.63) is 30.1 Å². The quantitative estimate of drug-likeness (QED) is 0.439. The van der Waals surface area contributed by atoms with Gasteiger partial charge in [-0.15, -0.1) is 0 Å². The zero-order chi connectivity index (χ0) is 18.2. The Balaban J connectivity index is 1.73. The van der Waals surface area contributed by atoms with Gasteiger partial charge in [-0.05, 0) is 26.2 Å². The molecule has 1 fully saturated rings. The number of nitrogens with zero attached hydrogens (tertiary/aromatic N) is 2. The standard InChI is InChI=1S/C17H28N4O4/c1-21(2)8-7-20-15(22)9-13-16(23)17(24)14(25-13)11-18-10-12-5-3-4-6-19-12/h3-6,13-14,16-18,23-24H,7-11H2,1-2H3,(H,20,22)/t13-,14+,16-,17+/m0/s1. The number of aromatic nitrogens is 1. The number of hydrogen-bond acceptors (Lipinski definition) is 7. The molecule has 0 saturated carbocycles. The second-order valence-electron chi connectivity index (χ2n) is 6.50. The minimum atomic E-state index is -1.07. The Morgan fingerprint density at radius 1 is 1.28 bits per heavy atom. The van der Waals surface area contributed by atoms with Gasteiger partial charge in [-0.1, -0.05) is 6.07 Å². The van der Waals surface area contributed by atoms with Crippen LogP contribution in [0.25, 0.3) is 0 Å². The molecular weight excluding hydrogens is 324 g/mol. The van der Waals surface area contributed by atoms with Crippen LogP contribution in [-0.4, -0.2) is 84.1 Å². The van der Waals surface area contributed by atoms with Crippen molar-refractivity contribution in [1.82, 2.24) is 20.5 Å². The molecule has 1 aromatic heterocycles. The molecule has 1 amide bonds. The molecular formula is C17H28N4O4. The third-order valence-corrected chi connectivity index (χ3v) is 4.11. The van der Waals surface area contributed by atoms with Gasteiger partial charge in [0.15, 0.2) is 0 Å². The van der Waals surface area contributed by atoms with E-state index in [0.717, 1.165) is 12.2 Å². The SMILES string of the molecule is CN(C)CCNC(=O)C[C@@H]1O[C@H](CNCc2ccccn2)[C@@H](O)[C@H]1O. The summed E-state index contributed by atoms with van der Waals surface area (Å²) in [6, 6.07) is 5.64. The Morgan fingerprint density at radius 2 is 2.04 bits per heavy atom. The molecule has 0 radical (unpaired) electrons. The van der Waals surface area contributed by atoms with Crippen LogP contribution in [0, 0.1) is 0 Å². The maximum absolute atomic E-state index is 11.9. The molecule has 8 heteroatoms. The highest BCUT2D eigenvalue weighted by Crippen LogP contribution is 2.23. The molecule has 1 aliphatic rings. The first kappa shape index (κ1) is 19.7. The molecule has 2 rings (SSSR count). The van der Waals surface area contributed by atoms with Crippen LogP contribution in [0.3, 0.4) is 0 Å². The van der Waals surface area contributed by atoms with Crippen LogP contribution in [0.2, 0.25) is 0 Å². The van der Waals surface area contributed by atoms with Crippen molar-refractivity contribution in [3.8, 4) is 0 Å². The second kappa shape index (κ2) is 9.79. The van der Waals surface area contributed by atoms with E-state index in [2.05, 4.69) is 15.6 Å². The van der Waals surface area contributed by atoms with E-state index in [9.17, 15) is 15.0 Å². The van der Waals surface area contributed by atoms with Gasteiger partial charge in [0.2, 0.25) is 5.91 Å². The molecule has 140 valence electrons. The Bertz CT molecular complexity index is 529. The lowest BCUT2D eigenvalue weighted by Crippen LogP contribution is -2.38. The summed E-state index contributed by atoms with van der Waals surface area (Å²) in [6.45, 7) is 2.18. The van der Waals surface area contributed by atoms with Crippen molar-refractivity contribution in [2.24, 2.45) is 0 Å². The van der Waals surface area contributed by atoms with Gasteiger partial charge in [-0.2, -0.15) is 0 Å². The van der Waals surface area contributed by atoms with Crippen LogP contribution in [-0.2, 0) is 16.1 Å². The summed E-state index contributed by atoms with van der Waals surface area (Å²) in [5.74, 6) is -0.194. The minimum absolute atomic E-state index is 0.0302. The van der Waals surface area contributed by atoms with Gasteiger partial charge in [0.1, 0.15) is 12.2 Å². The largest absolute Gasteiger partial charge is 0.388 e. The number of carbonyl (C=O) groups excluding carboxylic acids is 1. The highest BCUT2D eigenvalue weighted by molar-refractivity contribution is 5.76. The fourth-order valence-corrected chi connectivity index (χ4v) is 2.68. The van der Waals surface area contributed by atoms with Gasteiger partial charge in [0, 0.05) is 32.4 Å². The highest BCUT2D eigenvalue weighted by atomic mass is 16.5. The van der Waals surface area contributed by atoms with Crippen LogP contribution in [0.1, 0.15) is 12.1 Å². The maximum Gasteiger partial charge on any atom is 0.222 e. The Morgan fingerprint density at radius 3 is 2.72 bits per heavy atom. The van der Waals surface area contributed by atoms with Crippen molar-refractivity contribution in [2.45, 2.75) is 37.4 Å². The highest BCUT2D eigenvalue weighted by Gasteiger charge is 2.42. The summed E-state index contributed by atoms with van der Waals surface area (Å²) in [7, 11) is 3.85. The Hall–Kier alpha value is -1.58. The van der Waals surface area contributed by atoms with Crippen LogP contribution < -0.4 is 10.6 Å². The number of amides is 1. The summed E-state index contributed by atoms with van der Waals surface area (Å²) in [4.78, 5) is 18.1. The number of rotatable bonds is 9. The lowest BCUT2D eigenvalue weighted by atomic mass is 10.1. The number of aliphatic hydroxyl groups excluding tert-OH is 2. The van der Waals surface area contributed by atoms with Crippen molar-refractivity contribution in [3.63, 3.8) is 0 Å². The van der Waals surface area contributed by atoms with E-state index in [1.807, 2.05) is 37.2 Å². The zero-order valence-electron chi connectivity index (χ0n) is 14.8. The summed E-state index contributed by atoms with van der Waals surface area (Å²) >= 11 is 0. The number of carbonyl (C=O) groups is 1. The number of nitrogens with one attached hydrogen (secondary N) is 2. The number of hydrogen-bond donors (Lipinski definition) is 4. The van der Waals surface area contributed by atoms with Crippen LogP contribution in [0.4, 0.5) is 0 Å². The topological polar surface area (TPSA) is 107 Å². The molecule has 1 aliphatic heterocycles. The first-order chi connectivity index (χ1) is 12.0. The van der Waals surface area contributed by atoms with Crippen molar-refractivity contribution in [2.75, 3.05) is 33.7 Å². The molecule has 25 heavy (non-hydrogen) atoms. The van der Waals surface area contributed by atoms with Gasteiger partial charge in [-0.25, -0.2) is 0 Å². The second-order valence-corrected chi connectivity index (χ2v) is 6.50. The first-order valence-electron chi connectivity index (χ1n) is 8.51. The smallest absolute Gasteiger partial charge is 0.222 e. The van der Waals surface area contributed by atoms with E-state index < -0.39 is 24.4 Å². The summed E-state index contributed by atoms with van der Waals surface area (Å²) < 4.78 is 5.67. The zero-order valence-corrected chi connectivity index (χ0v) is 14.8. The van der Waals surface area contributed by atoms with E-state index >= 15 is 0 Å². The monoisotopic (exact) mass is 352 g/mol. The lowest BCUT2D eigenvalue weighted by Gasteiger charge is -2.15. The number of ether oxygens (including phenoxy) is 1. The predicted octanol–water partition coefficient (Wildman–Crippen LogP) is -1.27. The fraction of sp³-hybridized carbons (Fsp3) is 0.647. The predicted molar refractivity (Wildman–Crippen MR) is 92.8 cm³/mol. The van der Waals surface area contributed by atoms with Crippen LogP contribution >= 0.6 is 0 Å². The number of likely N-dealkylation sites (N-methyl/N-ethyl adjacent to an activating group) is 1. The first-order valence-corrected chi connectivity index (χ1v) is 8.51. The third-order valence-electron chi connectivity index (χ3n) is 4.11. The van der Waals surface area contributed by atoms with E-state index in [-0.39, 0.29) is 12.3 Å². The van der Waals surface area contributed by atoms with Gasteiger partial charge in [0.05, 0.1) is 24.3 Å². The molecule has 1 aromatic rings. The van der Waals surface area contributed by atoms with E-state index in [1.54, 1.807) is 6.20 Å². The summed E-state index contributed by atoms with van der Waals surface area (Å²) in [5.41, 5.74) is 0.882. The van der Waals surface area contributed by atoms with Crippen molar-refractivity contribution >= 4 is 5.91 Å². The van der Waals surface area contributed by atoms with Gasteiger partial charge in [-0.3, -0.25) is 9.78 Å². The molecule has 2 heterocycles. The van der Waals surface area contributed by atoms with Crippen molar-refractivity contribution < 1.29 is 19.7 Å². The molecule has 4 atom stereocenters. The normalized spacial score (nSPS) is 26.1. The average molecular weight is 352 g/mol. The van der Waals surface area contributed by atoms with Crippen LogP contribution in [0.15, 0.2) is 24.4 Å². The molecule has 8 nitrogen and oxygen atoms in total. The minimum Gasteiger partial charge on any atom is -0.388 e. The molecule has 1 saturated heterocycles. The van der Waals surface area contributed by atoms with E-state index in [1.165, 1.54) is 0 Å². The summed E-state index contributed by atoms with van der Waals surface area (Å²) in [6.07, 6.45) is -1.60. The number of pyridine rings is 1. The Labute approximate surface area is 148 Å². The third kappa shape index (κ3) is 6.33. The van der Waals surface area contributed by atoms with Crippen molar-refractivity contribution in [1.29, 1.82) is 0 Å². The molecule has 4 N–H and O–H groups in total.